The van der Waals surface area contributed by atoms with E-state index in [9.17, 15) is 18.4 Å². The van der Waals surface area contributed by atoms with Gasteiger partial charge in [-0.05, 0) is 49.4 Å². The lowest BCUT2D eigenvalue weighted by atomic mass is 9.83. The summed E-state index contributed by atoms with van der Waals surface area (Å²) in [6.45, 7) is 11.2. The van der Waals surface area contributed by atoms with Crippen LogP contribution in [0.15, 0.2) is 36.4 Å². The van der Waals surface area contributed by atoms with Gasteiger partial charge in [-0.15, -0.1) is 0 Å². The second kappa shape index (κ2) is 9.37. The van der Waals surface area contributed by atoms with E-state index in [1.165, 1.54) is 18.0 Å². The molecular weight excluding hydrogens is 386 g/mol. The molecule has 2 aromatic carbocycles. The first kappa shape index (κ1) is 23.5. The molecule has 1 atom stereocenters. The number of nitrogens with zero attached hydrogens (tertiary/aromatic N) is 1. The maximum atomic E-state index is 14.5. The van der Waals surface area contributed by atoms with Crippen molar-refractivity contribution in [1.82, 2.24) is 10.4 Å². The zero-order chi connectivity index (χ0) is 22.6. The summed E-state index contributed by atoms with van der Waals surface area (Å²) >= 11 is 0. The van der Waals surface area contributed by atoms with Gasteiger partial charge >= 0.3 is 0 Å². The number of halogens is 2. The van der Waals surface area contributed by atoms with Crippen LogP contribution in [0.3, 0.4) is 0 Å². The molecule has 162 valence electrons. The molecule has 2 rings (SSSR count). The molecule has 0 saturated carbocycles. The molecule has 2 amide bonds. The van der Waals surface area contributed by atoms with E-state index in [2.05, 4.69) is 5.43 Å². The molecule has 1 N–H and O–H groups in total. The minimum absolute atomic E-state index is 0.152. The predicted octanol–water partition coefficient (Wildman–Crippen LogP) is 5.58. The standard InChI is InChI=1S/C24H30F2N2O2/c1-7-9-19(24(4,5)6)28(23(30)17-11-8-10-15(2)14-17)27-22(29)20-18(25)13-12-16(3)21(20)26/h8,10-14,19H,7,9H2,1-6H3,(H,27,29)/t19-/m1/s1. The van der Waals surface area contributed by atoms with E-state index in [1.807, 2.05) is 40.7 Å². The third-order valence-electron chi connectivity index (χ3n) is 5.09. The maximum absolute atomic E-state index is 14.5. The Bertz CT molecular complexity index is 935. The first-order valence-corrected chi connectivity index (χ1v) is 10.1. The van der Waals surface area contributed by atoms with Crippen LogP contribution in [0.5, 0.6) is 0 Å². The van der Waals surface area contributed by atoms with Crippen LogP contribution in [0.1, 0.15) is 72.4 Å². The summed E-state index contributed by atoms with van der Waals surface area (Å²) in [5, 5.41) is 1.24. The van der Waals surface area contributed by atoms with Crippen molar-refractivity contribution in [2.75, 3.05) is 0 Å². The zero-order valence-corrected chi connectivity index (χ0v) is 18.5. The van der Waals surface area contributed by atoms with Crippen molar-refractivity contribution in [2.24, 2.45) is 5.41 Å². The average molecular weight is 417 g/mol. The molecular formula is C24H30F2N2O2. The van der Waals surface area contributed by atoms with Gasteiger partial charge in [0, 0.05) is 5.56 Å². The van der Waals surface area contributed by atoms with Crippen LogP contribution in [0.25, 0.3) is 0 Å². The summed E-state index contributed by atoms with van der Waals surface area (Å²) in [5.74, 6) is -3.31. The number of nitrogens with one attached hydrogen (secondary N) is 1. The lowest BCUT2D eigenvalue weighted by Gasteiger charge is -2.40. The molecule has 0 unspecified atom stereocenters. The first-order chi connectivity index (χ1) is 14.0. The van der Waals surface area contributed by atoms with Crippen LogP contribution < -0.4 is 5.43 Å². The van der Waals surface area contributed by atoms with E-state index in [0.29, 0.717) is 12.0 Å². The number of carbonyl (C=O) groups is 2. The van der Waals surface area contributed by atoms with E-state index in [0.717, 1.165) is 18.1 Å². The second-order valence-corrected chi connectivity index (χ2v) is 8.71. The molecule has 0 heterocycles. The van der Waals surface area contributed by atoms with Gasteiger partial charge in [0.1, 0.15) is 17.2 Å². The Hall–Kier alpha value is -2.76. The SMILES string of the molecule is CCC[C@@H](N(NC(=O)c1c(F)ccc(C)c1F)C(=O)c1cccc(C)c1)C(C)(C)C. The van der Waals surface area contributed by atoms with Crippen molar-refractivity contribution in [3.63, 3.8) is 0 Å². The molecule has 6 heteroatoms. The van der Waals surface area contributed by atoms with Crippen molar-refractivity contribution in [1.29, 1.82) is 0 Å². The van der Waals surface area contributed by atoms with Crippen molar-refractivity contribution >= 4 is 11.8 Å². The van der Waals surface area contributed by atoms with Gasteiger partial charge in [-0.3, -0.25) is 15.0 Å². The molecule has 0 bridgehead atoms. The molecule has 0 aliphatic heterocycles. The minimum Gasteiger partial charge on any atom is -0.267 e. The fourth-order valence-electron chi connectivity index (χ4n) is 3.44. The summed E-state index contributed by atoms with van der Waals surface area (Å²) in [4.78, 5) is 26.3. The van der Waals surface area contributed by atoms with E-state index in [-0.39, 0.29) is 17.0 Å². The monoisotopic (exact) mass is 416 g/mol. The first-order valence-electron chi connectivity index (χ1n) is 10.1. The van der Waals surface area contributed by atoms with Crippen molar-refractivity contribution in [3.05, 3.63) is 70.3 Å². The van der Waals surface area contributed by atoms with Gasteiger partial charge in [0.15, 0.2) is 0 Å². The number of rotatable bonds is 5. The van der Waals surface area contributed by atoms with Gasteiger partial charge < -0.3 is 0 Å². The number of hydrazine groups is 1. The molecule has 0 fully saturated rings. The van der Waals surface area contributed by atoms with Gasteiger partial charge in [-0.1, -0.05) is 57.9 Å². The van der Waals surface area contributed by atoms with Crippen LogP contribution in [0.4, 0.5) is 8.78 Å². The number of aryl methyl sites for hydroxylation is 2. The Morgan fingerprint density at radius 2 is 1.77 bits per heavy atom. The van der Waals surface area contributed by atoms with Gasteiger partial charge in [0.05, 0.1) is 6.04 Å². The molecule has 0 aliphatic carbocycles. The highest BCUT2D eigenvalue weighted by atomic mass is 19.1. The van der Waals surface area contributed by atoms with E-state index < -0.39 is 29.0 Å². The number of benzene rings is 2. The number of hydrogen-bond acceptors (Lipinski definition) is 2. The van der Waals surface area contributed by atoms with Gasteiger partial charge in [-0.25, -0.2) is 13.8 Å². The third-order valence-corrected chi connectivity index (χ3v) is 5.09. The molecule has 30 heavy (non-hydrogen) atoms. The van der Waals surface area contributed by atoms with Gasteiger partial charge in [0.2, 0.25) is 0 Å². The quantitative estimate of drug-likeness (QED) is 0.647. The van der Waals surface area contributed by atoms with Crippen LogP contribution >= 0.6 is 0 Å². The number of hydrogen-bond donors (Lipinski definition) is 1. The number of carbonyl (C=O) groups excluding carboxylic acids is 2. The topological polar surface area (TPSA) is 49.4 Å². The second-order valence-electron chi connectivity index (χ2n) is 8.71. The molecule has 0 aliphatic rings. The predicted molar refractivity (Wildman–Crippen MR) is 114 cm³/mol. The Labute approximate surface area is 177 Å². The lowest BCUT2D eigenvalue weighted by molar-refractivity contribution is 0.0268. The third kappa shape index (κ3) is 5.23. The largest absolute Gasteiger partial charge is 0.275 e. The molecule has 0 saturated heterocycles. The lowest BCUT2D eigenvalue weighted by Crippen LogP contribution is -2.56. The summed E-state index contributed by atoms with van der Waals surface area (Å²) in [6.07, 6.45) is 1.38. The van der Waals surface area contributed by atoms with Crippen molar-refractivity contribution in [2.45, 2.75) is 60.4 Å². The summed E-state index contributed by atoms with van der Waals surface area (Å²) < 4.78 is 28.8. The zero-order valence-electron chi connectivity index (χ0n) is 18.5. The fourth-order valence-corrected chi connectivity index (χ4v) is 3.44. The Morgan fingerprint density at radius 3 is 2.33 bits per heavy atom. The highest BCUT2D eigenvalue weighted by Gasteiger charge is 2.35. The average Bonchev–Trinajstić information content (AvgIpc) is 2.66. The van der Waals surface area contributed by atoms with Crippen molar-refractivity contribution < 1.29 is 18.4 Å². The molecule has 0 radical (unpaired) electrons. The Morgan fingerprint density at radius 1 is 1.10 bits per heavy atom. The van der Waals surface area contributed by atoms with Crippen LogP contribution in [-0.2, 0) is 0 Å². The summed E-state index contributed by atoms with van der Waals surface area (Å²) in [5.41, 5.74) is 2.88. The Balaban J connectivity index is 2.52. The number of amides is 2. The highest BCUT2D eigenvalue weighted by Crippen LogP contribution is 2.29. The smallest absolute Gasteiger partial charge is 0.267 e. The summed E-state index contributed by atoms with van der Waals surface area (Å²) in [7, 11) is 0. The molecule has 4 nitrogen and oxygen atoms in total. The van der Waals surface area contributed by atoms with Crippen molar-refractivity contribution in [3.8, 4) is 0 Å². The van der Waals surface area contributed by atoms with Crippen LogP contribution in [0, 0.1) is 30.9 Å². The fraction of sp³-hybridized carbons (Fsp3) is 0.417. The normalized spacial score (nSPS) is 12.4. The van der Waals surface area contributed by atoms with Crippen LogP contribution in [0.2, 0.25) is 0 Å². The van der Waals surface area contributed by atoms with Gasteiger partial charge in [0.25, 0.3) is 11.8 Å². The minimum atomic E-state index is -0.986. The van der Waals surface area contributed by atoms with Crippen LogP contribution in [-0.4, -0.2) is 22.9 Å². The molecule has 0 spiro atoms. The van der Waals surface area contributed by atoms with E-state index in [1.54, 1.807) is 18.2 Å². The molecule has 2 aromatic rings. The highest BCUT2D eigenvalue weighted by molar-refractivity contribution is 5.99. The molecule has 0 aromatic heterocycles. The van der Waals surface area contributed by atoms with Gasteiger partial charge in [-0.2, -0.15) is 0 Å². The van der Waals surface area contributed by atoms with E-state index >= 15 is 0 Å². The Kier molecular flexibility index (Phi) is 7.34. The summed E-state index contributed by atoms with van der Waals surface area (Å²) in [6, 6.07) is 8.95. The van der Waals surface area contributed by atoms with E-state index in [4.69, 9.17) is 0 Å². The maximum Gasteiger partial charge on any atom is 0.275 e.